The highest BCUT2D eigenvalue weighted by Crippen LogP contribution is 2.42. The number of aryl methyl sites for hydroxylation is 1. The number of rotatable bonds is 2. The number of anilines is 1. The second-order valence-electron chi connectivity index (χ2n) is 5.05. The molecule has 0 spiro atoms. The Bertz CT molecular complexity index is 651. The van der Waals surface area contributed by atoms with Crippen LogP contribution in [0.5, 0.6) is 0 Å². The molecule has 1 aromatic heterocycles. The first-order chi connectivity index (χ1) is 9.97. The number of nitrogens with one attached hydrogen (secondary N) is 1. The highest BCUT2D eigenvalue weighted by atomic mass is 35.5. The molecule has 0 aliphatic heterocycles. The number of halogens is 4. The van der Waals surface area contributed by atoms with Crippen LogP contribution in [-0.4, -0.2) is 0 Å². The van der Waals surface area contributed by atoms with Crippen molar-refractivity contribution >= 4 is 17.3 Å². The van der Waals surface area contributed by atoms with Crippen LogP contribution in [0.15, 0.2) is 34.9 Å². The predicted octanol–water partition coefficient (Wildman–Crippen LogP) is 5.44. The van der Waals surface area contributed by atoms with Gasteiger partial charge in [-0.2, -0.15) is 13.2 Å². The molecule has 6 heteroatoms. The van der Waals surface area contributed by atoms with E-state index in [0.29, 0.717) is 0 Å². The summed E-state index contributed by atoms with van der Waals surface area (Å²) < 4.78 is 44.7. The molecule has 1 aliphatic carbocycles. The van der Waals surface area contributed by atoms with Crippen LogP contribution in [0.4, 0.5) is 18.9 Å². The molecule has 1 N–H and O–H groups in total. The van der Waals surface area contributed by atoms with Gasteiger partial charge in [0.25, 0.3) is 0 Å². The van der Waals surface area contributed by atoms with E-state index in [9.17, 15) is 13.2 Å². The molecule has 1 aliphatic rings. The molecular formula is C15H13ClF3NO. The van der Waals surface area contributed by atoms with Crippen molar-refractivity contribution in [1.29, 1.82) is 0 Å². The van der Waals surface area contributed by atoms with Crippen LogP contribution in [0, 0.1) is 0 Å². The summed E-state index contributed by atoms with van der Waals surface area (Å²) in [6.45, 7) is 0. The Morgan fingerprint density at radius 3 is 2.81 bits per heavy atom. The van der Waals surface area contributed by atoms with E-state index in [2.05, 4.69) is 5.32 Å². The second kappa shape index (κ2) is 5.30. The highest BCUT2D eigenvalue weighted by Gasteiger charge is 2.35. The van der Waals surface area contributed by atoms with Crippen molar-refractivity contribution in [3.63, 3.8) is 0 Å². The number of hydrogen-bond donors (Lipinski definition) is 1. The minimum absolute atomic E-state index is 0.0642. The van der Waals surface area contributed by atoms with Gasteiger partial charge in [0.1, 0.15) is 5.76 Å². The highest BCUT2D eigenvalue weighted by molar-refractivity contribution is 6.33. The first-order valence-corrected chi connectivity index (χ1v) is 7.03. The van der Waals surface area contributed by atoms with Crippen LogP contribution in [0.25, 0.3) is 0 Å². The van der Waals surface area contributed by atoms with Crippen molar-refractivity contribution in [1.82, 2.24) is 0 Å². The Morgan fingerprint density at radius 2 is 2.05 bits per heavy atom. The van der Waals surface area contributed by atoms with Gasteiger partial charge in [0, 0.05) is 12.0 Å². The van der Waals surface area contributed by atoms with Crippen molar-refractivity contribution in [2.24, 2.45) is 0 Å². The normalized spacial score (nSPS) is 18.4. The average Bonchev–Trinajstić information content (AvgIpc) is 2.89. The van der Waals surface area contributed by atoms with E-state index in [-0.39, 0.29) is 16.8 Å². The first-order valence-electron chi connectivity index (χ1n) is 6.65. The summed E-state index contributed by atoms with van der Waals surface area (Å²) in [6, 6.07) is 5.39. The van der Waals surface area contributed by atoms with Crippen LogP contribution >= 0.6 is 11.6 Å². The summed E-state index contributed by atoms with van der Waals surface area (Å²) >= 11 is 5.97. The average molecular weight is 316 g/mol. The van der Waals surface area contributed by atoms with Crippen molar-refractivity contribution in [2.75, 3.05) is 5.32 Å². The zero-order valence-electron chi connectivity index (χ0n) is 11.0. The molecule has 2 nitrogen and oxygen atoms in total. The number of alkyl halides is 3. The van der Waals surface area contributed by atoms with Crippen molar-refractivity contribution in [2.45, 2.75) is 31.5 Å². The summed E-state index contributed by atoms with van der Waals surface area (Å²) in [4.78, 5) is 0. The molecule has 0 saturated carbocycles. The molecule has 1 atom stereocenters. The van der Waals surface area contributed by atoms with Gasteiger partial charge in [0.2, 0.25) is 0 Å². The SMILES string of the molecule is FC(F)(F)c1cccc(Cl)c1NC1CCCc2occc21. The maximum absolute atomic E-state index is 13.1. The first kappa shape index (κ1) is 14.3. The fourth-order valence-corrected chi connectivity index (χ4v) is 2.95. The summed E-state index contributed by atoms with van der Waals surface area (Å²) in [7, 11) is 0. The summed E-state index contributed by atoms with van der Waals surface area (Å²) in [6.07, 6.45) is -0.447. The number of para-hydroxylation sites is 1. The molecule has 0 amide bonds. The van der Waals surface area contributed by atoms with E-state index in [4.69, 9.17) is 16.0 Å². The Morgan fingerprint density at radius 1 is 1.24 bits per heavy atom. The van der Waals surface area contributed by atoms with Gasteiger partial charge in [0.15, 0.2) is 0 Å². The quantitative estimate of drug-likeness (QED) is 0.798. The number of hydrogen-bond acceptors (Lipinski definition) is 2. The Hall–Kier alpha value is -1.62. The van der Waals surface area contributed by atoms with Crippen molar-refractivity contribution in [3.8, 4) is 0 Å². The molecule has 21 heavy (non-hydrogen) atoms. The minimum Gasteiger partial charge on any atom is -0.469 e. The molecular weight excluding hydrogens is 303 g/mol. The second-order valence-corrected chi connectivity index (χ2v) is 5.46. The zero-order valence-corrected chi connectivity index (χ0v) is 11.8. The molecule has 112 valence electrons. The topological polar surface area (TPSA) is 25.2 Å². The van der Waals surface area contributed by atoms with Gasteiger partial charge in [-0.3, -0.25) is 0 Å². The van der Waals surface area contributed by atoms with Gasteiger partial charge in [0.05, 0.1) is 28.6 Å². The number of fused-ring (bicyclic) bond motifs is 1. The van der Waals surface area contributed by atoms with Crippen molar-refractivity contribution in [3.05, 3.63) is 52.4 Å². The van der Waals surface area contributed by atoms with Gasteiger partial charge < -0.3 is 9.73 Å². The predicted molar refractivity (Wildman–Crippen MR) is 74.5 cm³/mol. The fourth-order valence-electron chi connectivity index (χ4n) is 2.72. The van der Waals surface area contributed by atoms with Crippen LogP contribution < -0.4 is 5.32 Å². The standard InChI is InChI=1S/C15H13ClF3NO/c16-11-4-1-3-10(15(17,18)19)14(11)20-12-5-2-6-13-9(12)7-8-21-13/h1,3-4,7-8,12,20H,2,5-6H2. The third kappa shape index (κ3) is 2.75. The molecule has 2 aromatic rings. The van der Waals surface area contributed by atoms with E-state index in [1.54, 1.807) is 12.3 Å². The molecule has 1 aromatic carbocycles. The molecule has 1 unspecified atom stereocenters. The number of benzene rings is 1. The fraction of sp³-hybridized carbons (Fsp3) is 0.333. The van der Waals surface area contributed by atoms with E-state index < -0.39 is 11.7 Å². The smallest absolute Gasteiger partial charge is 0.418 e. The largest absolute Gasteiger partial charge is 0.469 e. The van der Waals surface area contributed by atoms with E-state index in [1.165, 1.54) is 12.1 Å². The molecule has 0 fully saturated rings. The monoisotopic (exact) mass is 315 g/mol. The third-order valence-corrected chi connectivity index (χ3v) is 4.00. The molecule has 0 bridgehead atoms. The molecule has 0 saturated heterocycles. The minimum atomic E-state index is -4.44. The molecule has 3 rings (SSSR count). The Kier molecular flexibility index (Phi) is 3.61. The third-order valence-electron chi connectivity index (χ3n) is 3.69. The maximum atomic E-state index is 13.1. The van der Waals surface area contributed by atoms with Crippen LogP contribution in [-0.2, 0) is 12.6 Å². The number of furan rings is 1. The van der Waals surface area contributed by atoms with Crippen molar-refractivity contribution < 1.29 is 17.6 Å². The van der Waals surface area contributed by atoms with E-state index >= 15 is 0 Å². The Labute approximate surface area is 124 Å². The lowest BCUT2D eigenvalue weighted by molar-refractivity contribution is -0.137. The van der Waals surface area contributed by atoms with Gasteiger partial charge >= 0.3 is 6.18 Å². The van der Waals surface area contributed by atoms with Gasteiger partial charge in [-0.05, 0) is 31.0 Å². The van der Waals surface area contributed by atoms with Gasteiger partial charge in [-0.15, -0.1) is 0 Å². The van der Waals surface area contributed by atoms with Crippen LogP contribution in [0.1, 0.15) is 35.8 Å². The van der Waals surface area contributed by atoms with Gasteiger partial charge in [-0.1, -0.05) is 17.7 Å². The van der Waals surface area contributed by atoms with E-state index in [1.807, 2.05) is 0 Å². The summed E-state index contributed by atoms with van der Waals surface area (Å²) in [5.41, 5.74) is 0.102. The van der Waals surface area contributed by atoms with Crippen LogP contribution in [0.3, 0.4) is 0 Å². The zero-order chi connectivity index (χ0) is 15.0. The lowest BCUT2D eigenvalue weighted by atomic mass is 9.93. The lowest BCUT2D eigenvalue weighted by Crippen LogP contribution is -2.19. The lowest BCUT2D eigenvalue weighted by Gasteiger charge is -2.26. The van der Waals surface area contributed by atoms with E-state index in [0.717, 1.165) is 36.7 Å². The van der Waals surface area contributed by atoms with Gasteiger partial charge in [-0.25, -0.2) is 0 Å². The Balaban J connectivity index is 1.97. The van der Waals surface area contributed by atoms with Crippen LogP contribution in [0.2, 0.25) is 5.02 Å². The maximum Gasteiger partial charge on any atom is 0.418 e. The summed E-state index contributed by atoms with van der Waals surface area (Å²) in [5.74, 6) is 0.833. The molecule has 1 heterocycles. The molecule has 0 radical (unpaired) electrons. The summed E-state index contributed by atoms with van der Waals surface area (Å²) in [5, 5.41) is 3.02.